The van der Waals surface area contributed by atoms with Gasteiger partial charge in [0, 0.05) is 18.7 Å². The molecule has 1 atom stereocenters. The molecule has 1 aromatic carbocycles. The van der Waals surface area contributed by atoms with E-state index in [-0.39, 0.29) is 6.10 Å². The summed E-state index contributed by atoms with van der Waals surface area (Å²) in [4.78, 5) is 0.804. The van der Waals surface area contributed by atoms with Crippen LogP contribution in [0.5, 0.6) is 0 Å². The van der Waals surface area contributed by atoms with Crippen LogP contribution in [0, 0.1) is 0 Å². The van der Waals surface area contributed by atoms with E-state index in [1.165, 1.54) is 11.3 Å². The fourth-order valence-corrected chi connectivity index (χ4v) is 3.37. The van der Waals surface area contributed by atoms with E-state index < -0.39 is 0 Å². The Kier molecular flexibility index (Phi) is 3.17. The monoisotopic (exact) mass is 301 g/mol. The molecule has 1 aliphatic heterocycles. The Balaban J connectivity index is 1.72. The molecule has 7 heteroatoms. The molecule has 108 valence electrons. The number of nitrogens with two attached hydrogens (primary N) is 1. The third-order valence-corrected chi connectivity index (χ3v) is 4.62. The smallest absolute Gasteiger partial charge is 0.235 e. The first-order valence-corrected chi connectivity index (χ1v) is 7.80. The third-order valence-electron chi connectivity index (χ3n) is 3.67. The lowest BCUT2D eigenvalue weighted by molar-refractivity contribution is 0.103. The van der Waals surface area contributed by atoms with Crippen molar-refractivity contribution in [1.82, 2.24) is 19.8 Å². The molecule has 0 spiro atoms. The SMILES string of the molecule is NCc1ccc(-c2nn3c(C4CCCO4)nnc3s2)cc1. The van der Waals surface area contributed by atoms with E-state index in [1.54, 1.807) is 0 Å². The first-order valence-electron chi connectivity index (χ1n) is 6.98. The van der Waals surface area contributed by atoms with Gasteiger partial charge in [0.2, 0.25) is 4.96 Å². The summed E-state index contributed by atoms with van der Waals surface area (Å²) in [6.07, 6.45) is 2.07. The topological polar surface area (TPSA) is 78.3 Å². The summed E-state index contributed by atoms with van der Waals surface area (Å²) in [6.45, 7) is 1.34. The Morgan fingerprint density at radius 2 is 2.14 bits per heavy atom. The van der Waals surface area contributed by atoms with Crippen LogP contribution in [-0.2, 0) is 11.3 Å². The lowest BCUT2D eigenvalue weighted by Gasteiger charge is -2.04. The predicted octanol–water partition coefficient (Wildman–Crippen LogP) is 2.16. The first kappa shape index (κ1) is 12.9. The van der Waals surface area contributed by atoms with Crippen LogP contribution in [0.15, 0.2) is 24.3 Å². The summed E-state index contributed by atoms with van der Waals surface area (Å²) < 4.78 is 7.49. The van der Waals surface area contributed by atoms with E-state index in [9.17, 15) is 0 Å². The number of hydrogen-bond donors (Lipinski definition) is 1. The molecule has 1 unspecified atom stereocenters. The number of hydrogen-bond acceptors (Lipinski definition) is 6. The number of fused-ring (bicyclic) bond motifs is 1. The lowest BCUT2D eigenvalue weighted by atomic mass is 10.1. The second kappa shape index (κ2) is 5.18. The zero-order valence-electron chi connectivity index (χ0n) is 11.4. The van der Waals surface area contributed by atoms with Crippen LogP contribution in [0.3, 0.4) is 0 Å². The molecule has 3 aromatic rings. The second-order valence-electron chi connectivity index (χ2n) is 5.06. The highest BCUT2D eigenvalue weighted by molar-refractivity contribution is 7.19. The highest BCUT2D eigenvalue weighted by atomic mass is 32.1. The normalized spacial score (nSPS) is 18.6. The standard InChI is InChI=1S/C14H15N5OS/c15-8-9-3-5-10(6-4-9)13-18-19-12(11-2-1-7-20-11)16-17-14(19)21-13/h3-6,11H,1-2,7-8,15H2. The number of nitrogens with zero attached hydrogens (tertiary/aromatic N) is 4. The minimum Gasteiger partial charge on any atom is -0.370 e. The summed E-state index contributed by atoms with van der Waals surface area (Å²) in [7, 11) is 0. The van der Waals surface area contributed by atoms with Crippen molar-refractivity contribution >= 4 is 16.3 Å². The maximum absolute atomic E-state index is 5.68. The molecule has 3 heterocycles. The fourth-order valence-electron chi connectivity index (χ4n) is 2.51. The Morgan fingerprint density at radius 1 is 1.29 bits per heavy atom. The number of ether oxygens (including phenoxy) is 1. The largest absolute Gasteiger partial charge is 0.370 e. The fraction of sp³-hybridized carbons (Fsp3) is 0.357. The van der Waals surface area contributed by atoms with Crippen molar-refractivity contribution in [3.63, 3.8) is 0 Å². The van der Waals surface area contributed by atoms with Crippen molar-refractivity contribution in [2.24, 2.45) is 5.73 Å². The highest BCUT2D eigenvalue weighted by Gasteiger charge is 2.25. The quantitative estimate of drug-likeness (QED) is 0.802. The van der Waals surface area contributed by atoms with Gasteiger partial charge in [-0.2, -0.15) is 9.61 Å². The van der Waals surface area contributed by atoms with E-state index in [0.717, 1.165) is 46.4 Å². The van der Waals surface area contributed by atoms with Crippen LogP contribution in [0.1, 0.15) is 30.3 Å². The number of benzene rings is 1. The van der Waals surface area contributed by atoms with Crippen LogP contribution in [0.4, 0.5) is 0 Å². The van der Waals surface area contributed by atoms with Crippen molar-refractivity contribution in [1.29, 1.82) is 0 Å². The van der Waals surface area contributed by atoms with Crippen LogP contribution in [0.25, 0.3) is 15.5 Å². The lowest BCUT2D eigenvalue weighted by Crippen LogP contribution is -2.03. The minimum absolute atomic E-state index is 0.0227. The Morgan fingerprint density at radius 3 is 2.86 bits per heavy atom. The van der Waals surface area contributed by atoms with Gasteiger partial charge in [-0.1, -0.05) is 35.6 Å². The van der Waals surface area contributed by atoms with Crippen molar-refractivity contribution in [3.05, 3.63) is 35.7 Å². The molecule has 2 N–H and O–H groups in total. The van der Waals surface area contributed by atoms with Gasteiger partial charge in [0.15, 0.2) is 5.82 Å². The van der Waals surface area contributed by atoms with Gasteiger partial charge in [-0.15, -0.1) is 10.2 Å². The van der Waals surface area contributed by atoms with Gasteiger partial charge in [0.1, 0.15) is 11.1 Å². The summed E-state index contributed by atoms with van der Waals surface area (Å²) in [6, 6.07) is 8.14. The minimum atomic E-state index is 0.0227. The zero-order chi connectivity index (χ0) is 14.2. The van der Waals surface area contributed by atoms with Crippen LogP contribution >= 0.6 is 11.3 Å². The molecule has 4 rings (SSSR count). The summed E-state index contributed by atoms with van der Waals surface area (Å²) >= 11 is 1.53. The van der Waals surface area contributed by atoms with Gasteiger partial charge in [0.25, 0.3) is 0 Å². The third kappa shape index (κ3) is 2.23. The summed E-state index contributed by atoms with van der Waals surface area (Å²) in [5, 5.41) is 14.0. The van der Waals surface area contributed by atoms with Crippen molar-refractivity contribution in [2.45, 2.75) is 25.5 Å². The van der Waals surface area contributed by atoms with Gasteiger partial charge in [0.05, 0.1) is 0 Å². The van der Waals surface area contributed by atoms with Crippen molar-refractivity contribution in [3.8, 4) is 10.6 Å². The molecule has 0 amide bonds. The predicted molar refractivity (Wildman–Crippen MR) is 79.9 cm³/mol. The van der Waals surface area contributed by atoms with E-state index in [4.69, 9.17) is 10.5 Å². The Labute approximate surface area is 125 Å². The molecule has 0 saturated carbocycles. The molecule has 6 nitrogen and oxygen atoms in total. The molecular formula is C14H15N5OS. The van der Waals surface area contributed by atoms with Gasteiger partial charge in [-0.25, -0.2) is 0 Å². The van der Waals surface area contributed by atoms with Gasteiger partial charge in [-0.05, 0) is 18.4 Å². The average Bonchev–Trinajstić information content (AvgIpc) is 3.23. The second-order valence-corrected chi connectivity index (χ2v) is 6.02. The van der Waals surface area contributed by atoms with Gasteiger partial charge < -0.3 is 10.5 Å². The first-order chi connectivity index (χ1) is 10.3. The van der Waals surface area contributed by atoms with Crippen LogP contribution < -0.4 is 5.73 Å². The Hall–Kier alpha value is -1.83. The average molecular weight is 301 g/mol. The zero-order valence-corrected chi connectivity index (χ0v) is 12.2. The molecule has 0 aliphatic carbocycles. The molecule has 1 saturated heterocycles. The molecular weight excluding hydrogens is 286 g/mol. The van der Waals surface area contributed by atoms with E-state index >= 15 is 0 Å². The molecule has 21 heavy (non-hydrogen) atoms. The van der Waals surface area contributed by atoms with E-state index in [0.29, 0.717) is 6.54 Å². The van der Waals surface area contributed by atoms with Crippen molar-refractivity contribution in [2.75, 3.05) is 6.61 Å². The van der Waals surface area contributed by atoms with Gasteiger partial charge >= 0.3 is 0 Å². The summed E-state index contributed by atoms with van der Waals surface area (Å²) in [5.74, 6) is 0.809. The molecule has 0 radical (unpaired) electrons. The highest BCUT2D eigenvalue weighted by Crippen LogP contribution is 2.31. The number of rotatable bonds is 3. The maximum Gasteiger partial charge on any atom is 0.235 e. The van der Waals surface area contributed by atoms with Crippen LogP contribution in [0.2, 0.25) is 0 Å². The molecule has 1 aliphatic rings. The molecule has 1 fully saturated rings. The summed E-state index contributed by atoms with van der Waals surface area (Å²) in [5.41, 5.74) is 7.81. The van der Waals surface area contributed by atoms with E-state index in [1.807, 2.05) is 28.8 Å². The van der Waals surface area contributed by atoms with E-state index in [2.05, 4.69) is 15.3 Å². The Bertz CT molecular complexity index is 757. The maximum atomic E-state index is 5.68. The van der Waals surface area contributed by atoms with Crippen LogP contribution in [-0.4, -0.2) is 26.4 Å². The number of aromatic nitrogens is 4. The van der Waals surface area contributed by atoms with Gasteiger partial charge in [-0.3, -0.25) is 0 Å². The molecule has 2 aromatic heterocycles. The van der Waals surface area contributed by atoms with Crippen molar-refractivity contribution < 1.29 is 4.74 Å². The molecule has 0 bridgehead atoms.